The molecule has 1 aromatic carbocycles. The van der Waals surface area contributed by atoms with E-state index in [1.165, 1.54) is 11.3 Å². The van der Waals surface area contributed by atoms with Gasteiger partial charge in [-0.3, -0.25) is 4.68 Å². The largest absolute Gasteiger partial charge is 0.259 e. The molecule has 0 aliphatic carbocycles. The SMILES string of the molecule is Cc1cc(-c2ccccc2)n(C(C)(C)CC(C)(C)C)n1. The zero-order chi connectivity index (χ0) is 15.0. The van der Waals surface area contributed by atoms with E-state index in [9.17, 15) is 0 Å². The molecule has 0 saturated heterocycles. The molecule has 0 unspecified atom stereocenters. The third-order valence-corrected chi connectivity index (χ3v) is 3.44. The summed E-state index contributed by atoms with van der Waals surface area (Å²) < 4.78 is 2.20. The molecule has 2 rings (SSSR count). The maximum atomic E-state index is 4.76. The van der Waals surface area contributed by atoms with Gasteiger partial charge in [-0.25, -0.2) is 0 Å². The average molecular weight is 270 g/mol. The van der Waals surface area contributed by atoms with Crippen molar-refractivity contribution in [1.29, 1.82) is 0 Å². The normalized spacial score (nSPS) is 12.7. The fourth-order valence-corrected chi connectivity index (χ4v) is 3.15. The molecular weight excluding hydrogens is 244 g/mol. The Bertz CT molecular complexity index is 571. The second-order valence-corrected chi connectivity index (χ2v) is 7.50. The Balaban J connectivity index is 2.48. The van der Waals surface area contributed by atoms with Crippen LogP contribution in [0.25, 0.3) is 11.3 Å². The van der Waals surface area contributed by atoms with Crippen LogP contribution in [0.1, 0.15) is 46.7 Å². The lowest BCUT2D eigenvalue weighted by Crippen LogP contribution is -2.33. The van der Waals surface area contributed by atoms with E-state index in [1.54, 1.807) is 0 Å². The summed E-state index contributed by atoms with van der Waals surface area (Å²) >= 11 is 0. The van der Waals surface area contributed by atoms with Gasteiger partial charge in [-0.15, -0.1) is 0 Å². The van der Waals surface area contributed by atoms with Gasteiger partial charge >= 0.3 is 0 Å². The van der Waals surface area contributed by atoms with Crippen LogP contribution in [0, 0.1) is 12.3 Å². The van der Waals surface area contributed by atoms with Crippen LogP contribution in [0.4, 0.5) is 0 Å². The number of aryl methyl sites for hydroxylation is 1. The topological polar surface area (TPSA) is 17.8 Å². The van der Waals surface area contributed by atoms with E-state index in [0.717, 1.165) is 12.1 Å². The molecule has 0 aliphatic heterocycles. The maximum absolute atomic E-state index is 4.76. The van der Waals surface area contributed by atoms with Crippen LogP contribution in [0.15, 0.2) is 36.4 Å². The number of nitrogens with zero attached hydrogens (tertiary/aromatic N) is 2. The third kappa shape index (κ3) is 3.30. The Morgan fingerprint density at radius 2 is 1.60 bits per heavy atom. The van der Waals surface area contributed by atoms with Crippen LogP contribution >= 0.6 is 0 Å². The molecule has 0 N–H and O–H groups in total. The van der Waals surface area contributed by atoms with E-state index in [0.29, 0.717) is 0 Å². The molecular formula is C18H26N2. The van der Waals surface area contributed by atoms with Crippen molar-refractivity contribution in [2.75, 3.05) is 0 Å². The summed E-state index contributed by atoms with van der Waals surface area (Å²) in [4.78, 5) is 0. The van der Waals surface area contributed by atoms with Crippen LogP contribution in [0.5, 0.6) is 0 Å². The van der Waals surface area contributed by atoms with Crippen LogP contribution in [-0.2, 0) is 5.54 Å². The van der Waals surface area contributed by atoms with Gasteiger partial charge in [-0.05, 0) is 44.2 Å². The smallest absolute Gasteiger partial charge is 0.0691 e. The standard InChI is InChI=1S/C18H26N2/c1-14-12-16(15-10-8-7-9-11-15)20(19-14)18(5,6)13-17(2,3)4/h7-12H,13H2,1-6H3. The number of hydrogen-bond donors (Lipinski definition) is 0. The van der Waals surface area contributed by atoms with Crippen LogP contribution in [0.3, 0.4) is 0 Å². The first kappa shape index (κ1) is 14.8. The van der Waals surface area contributed by atoms with Crippen molar-refractivity contribution in [3.05, 3.63) is 42.1 Å². The molecule has 0 fully saturated rings. The number of hydrogen-bond acceptors (Lipinski definition) is 1. The van der Waals surface area contributed by atoms with E-state index in [4.69, 9.17) is 5.10 Å². The van der Waals surface area contributed by atoms with Gasteiger partial charge < -0.3 is 0 Å². The first-order chi connectivity index (χ1) is 9.19. The summed E-state index contributed by atoms with van der Waals surface area (Å²) in [5, 5.41) is 4.76. The molecule has 0 spiro atoms. The van der Waals surface area contributed by atoms with Crippen molar-refractivity contribution in [2.24, 2.45) is 5.41 Å². The summed E-state index contributed by atoms with van der Waals surface area (Å²) in [5.41, 5.74) is 3.79. The van der Waals surface area contributed by atoms with E-state index < -0.39 is 0 Å². The highest BCUT2D eigenvalue weighted by Gasteiger charge is 2.30. The van der Waals surface area contributed by atoms with Gasteiger partial charge in [-0.2, -0.15) is 5.10 Å². The van der Waals surface area contributed by atoms with E-state index in [2.05, 4.69) is 82.6 Å². The Kier molecular flexibility index (Phi) is 3.77. The van der Waals surface area contributed by atoms with Gasteiger partial charge in [0.2, 0.25) is 0 Å². The summed E-state index contributed by atoms with van der Waals surface area (Å²) in [6, 6.07) is 12.7. The molecule has 20 heavy (non-hydrogen) atoms. The fraction of sp³-hybridized carbons (Fsp3) is 0.500. The molecule has 0 saturated carbocycles. The Labute approximate surface area is 122 Å². The Hall–Kier alpha value is -1.57. The van der Waals surface area contributed by atoms with E-state index in [1.807, 2.05) is 0 Å². The van der Waals surface area contributed by atoms with Gasteiger partial charge in [0.25, 0.3) is 0 Å². The second-order valence-electron chi connectivity index (χ2n) is 7.50. The van der Waals surface area contributed by atoms with Crippen molar-refractivity contribution in [2.45, 2.75) is 53.5 Å². The lowest BCUT2D eigenvalue weighted by molar-refractivity contribution is 0.200. The molecule has 0 amide bonds. The van der Waals surface area contributed by atoms with Gasteiger partial charge in [0, 0.05) is 0 Å². The molecule has 108 valence electrons. The Morgan fingerprint density at radius 3 is 2.15 bits per heavy atom. The summed E-state index contributed by atoms with van der Waals surface area (Å²) in [6.45, 7) is 13.5. The first-order valence-electron chi connectivity index (χ1n) is 7.32. The molecule has 1 aromatic heterocycles. The zero-order valence-corrected chi connectivity index (χ0v) is 13.6. The predicted molar refractivity (Wildman–Crippen MR) is 85.8 cm³/mol. The number of rotatable bonds is 3. The van der Waals surface area contributed by atoms with Crippen LogP contribution < -0.4 is 0 Å². The highest BCUT2D eigenvalue weighted by Crippen LogP contribution is 2.35. The van der Waals surface area contributed by atoms with Crippen molar-refractivity contribution in [3.8, 4) is 11.3 Å². The van der Waals surface area contributed by atoms with Gasteiger partial charge in [0.05, 0.1) is 16.9 Å². The molecule has 0 atom stereocenters. The minimum Gasteiger partial charge on any atom is -0.259 e. The van der Waals surface area contributed by atoms with Gasteiger partial charge in [0.1, 0.15) is 0 Å². The highest BCUT2D eigenvalue weighted by atomic mass is 15.3. The van der Waals surface area contributed by atoms with Crippen LogP contribution in [0.2, 0.25) is 0 Å². The second kappa shape index (κ2) is 5.08. The highest BCUT2D eigenvalue weighted by molar-refractivity contribution is 5.60. The first-order valence-corrected chi connectivity index (χ1v) is 7.32. The van der Waals surface area contributed by atoms with E-state index >= 15 is 0 Å². The average Bonchev–Trinajstić information content (AvgIpc) is 2.70. The van der Waals surface area contributed by atoms with Gasteiger partial charge in [-0.1, -0.05) is 51.1 Å². The summed E-state index contributed by atoms with van der Waals surface area (Å²) in [5.74, 6) is 0. The summed E-state index contributed by atoms with van der Waals surface area (Å²) in [6.07, 6.45) is 1.08. The molecule has 2 nitrogen and oxygen atoms in total. The quantitative estimate of drug-likeness (QED) is 0.765. The molecule has 1 heterocycles. The van der Waals surface area contributed by atoms with Crippen molar-refractivity contribution in [1.82, 2.24) is 9.78 Å². The molecule has 0 aliphatic rings. The molecule has 0 radical (unpaired) electrons. The minimum absolute atomic E-state index is 0.00230. The van der Waals surface area contributed by atoms with E-state index in [-0.39, 0.29) is 11.0 Å². The molecule has 0 bridgehead atoms. The molecule has 2 heteroatoms. The minimum atomic E-state index is -0.00230. The lowest BCUT2D eigenvalue weighted by Gasteiger charge is -2.34. The number of aromatic nitrogens is 2. The zero-order valence-electron chi connectivity index (χ0n) is 13.6. The van der Waals surface area contributed by atoms with Crippen molar-refractivity contribution in [3.63, 3.8) is 0 Å². The monoisotopic (exact) mass is 270 g/mol. The van der Waals surface area contributed by atoms with Crippen molar-refractivity contribution >= 4 is 0 Å². The number of benzene rings is 1. The maximum Gasteiger partial charge on any atom is 0.0691 e. The predicted octanol–water partition coefficient (Wildman–Crippen LogP) is 5.03. The Morgan fingerprint density at radius 1 is 1.00 bits per heavy atom. The third-order valence-electron chi connectivity index (χ3n) is 3.44. The molecule has 2 aromatic rings. The van der Waals surface area contributed by atoms with Crippen molar-refractivity contribution < 1.29 is 0 Å². The fourth-order valence-electron chi connectivity index (χ4n) is 3.15. The lowest BCUT2D eigenvalue weighted by atomic mass is 9.81. The van der Waals surface area contributed by atoms with Crippen LogP contribution in [-0.4, -0.2) is 9.78 Å². The van der Waals surface area contributed by atoms with Gasteiger partial charge in [0.15, 0.2) is 0 Å². The summed E-state index contributed by atoms with van der Waals surface area (Å²) in [7, 11) is 0.